The number of hydrogen-bond donors (Lipinski definition) is 3. The Labute approximate surface area is 206 Å². The lowest BCUT2D eigenvalue weighted by Crippen LogP contribution is -2.37. The molecule has 1 aromatic heterocycles. The number of hydrogen-bond acceptors (Lipinski definition) is 10. The molecule has 14 heteroatoms. The highest BCUT2D eigenvalue weighted by atomic mass is 35.5. The Kier molecular flexibility index (Phi) is 8.92. The molecule has 2 aromatic rings. The van der Waals surface area contributed by atoms with Crippen molar-refractivity contribution in [3.05, 3.63) is 53.1 Å². The third kappa shape index (κ3) is 7.03. The molecule has 4 N–H and O–H groups in total. The predicted octanol–water partition coefficient (Wildman–Crippen LogP) is 1.82. The average molecular weight is 531 g/mol. The van der Waals surface area contributed by atoms with Gasteiger partial charge in [-0.05, 0) is 39.0 Å². The quantitative estimate of drug-likeness (QED) is 0.233. The minimum atomic E-state index is -4.18. The van der Waals surface area contributed by atoms with Crippen LogP contribution >= 0.6 is 19.3 Å². The van der Waals surface area contributed by atoms with Crippen LogP contribution in [-0.2, 0) is 23.4 Å². The van der Waals surface area contributed by atoms with Crippen molar-refractivity contribution in [3.63, 3.8) is 0 Å². The number of alkyl halides is 1. The predicted molar refractivity (Wildman–Crippen MR) is 127 cm³/mol. The molecule has 0 radical (unpaired) electrons. The summed E-state index contributed by atoms with van der Waals surface area (Å²) in [5.41, 5.74) is 4.79. The van der Waals surface area contributed by atoms with Crippen LogP contribution in [0.15, 0.2) is 47.4 Å². The summed E-state index contributed by atoms with van der Waals surface area (Å²) in [5.74, 6) is -0.423. The molecule has 1 unspecified atom stereocenters. The van der Waals surface area contributed by atoms with E-state index in [0.717, 1.165) is 4.57 Å². The Morgan fingerprint density at radius 2 is 2.00 bits per heavy atom. The Balaban J connectivity index is 1.75. The zero-order valence-electron chi connectivity index (χ0n) is 19.3. The number of para-hydroxylation sites is 1. The SMILES string of the molecule is CC(C)OC(=O)[C@@H](C)NP(=O)(OC[C@H]1O[C@@H](n2ccc(N)nc2=O)[C@@H](Cl)[C@@H]1O)Oc1ccccc1. The summed E-state index contributed by atoms with van der Waals surface area (Å²) in [7, 11) is -4.18. The van der Waals surface area contributed by atoms with Crippen molar-refractivity contribution < 1.29 is 33.0 Å². The fourth-order valence-electron chi connectivity index (χ4n) is 3.19. The zero-order chi connectivity index (χ0) is 25.8. The number of carbonyl (C=O) groups is 1. The largest absolute Gasteiger partial charge is 0.462 e. The summed E-state index contributed by atoms with van der Waals surface area (Å²) >= 11 is 6.30. The lowest BCUT2D eigenvalue weighted by Gasteiger charge is -2.25. The number of benzene rings is 1. The van der Waals surface area contributed by atoms with E-state index in [0.29, 0.717) is 0 Å². The van der Waals surface area contributed by atoms with Crippen LogP contribution in [0.4, 0.5) is 5.82 Å². The van der Waals surface area contributed by atoms with Crippen LogP contribution in [0.3, 0.4) is 0 Å². The molecule has 35 heavy (non-hydrogen) atoms. The van der Waals surface area contributed by atoms with Crippen LogP contribution in [0, 0.1) is 0 Å². The Bertz CT molecular complexity index is 1120. The topological polar surface area (TPSA) is 164 Å². The highest BCUT2D eigenvalue weighted by Crippen LogP contribution is 2.46. The lowest BCUT2D eigenvalue weighted by molar-refractivity contribution is -0.149. The third-order valence-electron chi connectivity index (χ3n) is 4.85. The van der Waals surface area contributed by atoms with Crippen LogP contribution in [0.1, 0.15) is 27.0 Å². The van der Waals surface area contributed by atoms with Crippen LogP contribution in [0.2, 0.25) is 0 Å². The first-order valence-corrected chi connectivity index (χ1v) is 12.8. The number of nitrogens with two attached hydrogens (primary N) is 1. The third-order valence-corrected chi connectivity index (χ3v) is 6.97. The van der Waals surface area contributed by atoms with Gasteiger partial charge < -0.3 is 24.8 Å². The number of halogens is 1. The van der Waals surface area contributed by atoms with Gasteiger partial charge in [0.2, 0.25) is 0 Å². The van der Waals surface area contributed by atoms with Gasteiger partial charge >= 0.3 is 19.4 Å². The molecule has 192 valence electrons. The van der Waals surface area contributed by atoms with Crippen molar-refractivity contribution in [1.82, 2.24) is 14.6 Å². The number of anilines is 1. The molecule has 0 aliphatic carbocycles. The smallest absolute Gasteiger partial charge is 0.459 e. The molecule has 6 atom stereocenters. The fourth-order valence-corrected chi connectivity index (χ4v) is 5.04. The number of nitrogens with one attached hydrogen (secondary N) is 1. The molecule has 1 aromatic carbocycles. The van der Waals surface area contributed by atoms with E-state index in [2.05, 4.69) is 10.1 Å². The normalized spacial score (nSPS) is 24.6. The summed E-state index contributed by atoms with van der Waals surface area (Å²) in [6, 6.07) is 8.53. The van der Waals surface area contributed by atoms with Gasteiger partial charge in [-0.1, -0.05) is 18.2 Å². The van der Waals surface area contributed by atoms with E-state index in [4.69, 9.17) is 35.9 Å². The van der Waals surface area contributed by atoms with Crippen LogP contribution in [-0.4, -0.2) is 57.0 Å². The molecule has 1 aliphatic heterocycles. The van der Waals surface area contributed by atoms with Crippen LogP contribution in [0.25, 0.3) is 0 Å². The summed E-state index contributed by atoms with van der Waals surface area (Å²) in [5, 5.41) is 12.1. The molecule has 0 spiro atoms. The van der Waals surface area contributed by atoms with Gasteiger partial charge in [0.05, 0.1) is 12.7 Å². The van der Waals surface area contributed by atoms with Crippen molar-refractivity contribution in [1.29, 1.82) is 0 Å². The molecule has 0 amide bonds. The number of ether oxygens (including phenoxy) is 2. The van der Waals surface area contributed by atoms with Crippen molar-refractivity contribution in [2.45, 2.75) is 56.7 Å². The molecular weight excluding hydrogens is 503 g/mol. The van der Waals surface area contributed by atoms with Gasteiger partial charge in [-0.2, -0.15) is 10.1 Å². The minimum absolute atomic E-state index is 0.0194. The van der Waals surface area contributed by atoms with E-state index in [-0.39, 0.29) is 17.7 Å². The molecule has 1 saturated heterocycles. The van der Waals surface area contributed by atoms with E-state index >= 15 is 0 Å². The Hall–Kier alpha value is -2.47. The van der Waals surface area contributed by atoms with Gasteiger partial charge in [-0.25, -0.2) is 9.36 Å². The molecule has 1 aliphatic rings. The van der Waals surface area contributed by atoms with Crippen molar-refractivity contribution in [3.8, 4) is 5.75 Å². The fraction of sp³-hybridized carbons (Fsp3) is 0.476. The van der Waals surface area contributed by atoms with Gasteiger partial charge in [-0.15, -0.1) is 11.6 Å². The van der Waals surface area contributed by atoms with Gasteiger partial charge in [0, 0.05) is 6.20 Å². The Morgan fingerprint density at radius 1 is 1.31 bits per heavy atom. The number of rotatable bonds is 10. The number of nitrogens with zero attached hydrogens (tertiary/aromatic N) is 2. The number of aliphatic hydroxyl groups is 1. The standard InChI is InChI=1S/C21H28ClN4O8P/c1-12(2)32-20(28)13(3)25-35(30,34-14-7-5-4-6-8-14)31-11-15-18(27)17(22)19(33-15)26-10-9-16(23)24-21(26)29/h4-10,12-13,15,17-19,27H,11H2,1-3H3,(H,25,30)(H2,23,24,29)/t13-,15-,17+,18-,19-,35?/m1/s1. The van der Waals surface area contributed by atoms with Gasteiger partial charge in [0.25, 0.3) is 0 Å². The number of nitrogen functional groups attached to an aromatic ring is 1. The number of aliphatic hydroxyl groups excluding tert-OH is 1. The van der Waals surface area contributed by atoms with Gasteiger partial charge in [0.15, 0.2) is 6.23 Å². The maximum atomic E-state index is 13.6. The Morgan fingerprint density at radius 3 is 2.63 bits per heavy atom. The molecular formula is C21H28ClN4O8P. The number of carbonyl (C=O) groups excluding carboxylic acids is 1. The van der Waals surface area contributed by atoms with E-state index in [1.165, 1.54) is 19.2 Å². The van der Waals surface area contributed by atoms with Crippen LogP contribution < -0.4 is 21.0 Å². The summed E-state index contributed by atoms with van der Waals surface area (Å²) < 4.78 is 36.6. The number of esters is 1. The second-order valence-electron chi connectivity index (χ2n) is 8.08. The molecule has 0 bridgehead atoms. The second-order valence-corrected chi connectivity index (χ2v) is 10.3. The zero-order valence-corrected chi connectivity index (χ0v) is 21.0. The van der Waals surface area contributed by atoms with E-state index in [1.54, 1.807) is 44.2 Å². The number of aromatic nitrogens is 2. The first kappa shape index (κ1) is 27.1. The van der Waals surface area contributed by atoms with Gasteiger partial charge in [-0.3, -0.25) is 13.9 Å². The second kappa shape index (κ2) is 11.5. The maximum Gasteiger partial charge on any atom is 0.459 e. The summed E-state index contributed by atoms with van der Waals surface area (Å²) in [6.45, 7) is 4.37. The maximum absolute atomic E-state index is 13.6. The van der Waals surface area contributed by atoms with E-state index in [9.17, 15) is 19.3 Å². The molecule has 0 saturated carbocycles. The monoisotopic (exact) mass is 530 g/mol. The molecule has 12 nitrogen and oxygen atoms in total. The van der Waals surface area contributed by atoms with Crippen molar-refractivity contribution >= 4 is 31.1 Å². The average Bonchev–Trinajstić information content (AvgIpc) is 3.06. The van der Waals surface area contributed by atoms with E-state index in [1.807, 2.05) is 0 Å². The van der Waals surface area contributed by atoms with Crippen molar-refractivity contribution in [2.24, 2.45) is 0 Å². The van der Waals surface area contributed by atoms with Crippen molar-refractivity contribution in [2.75, 3.05) is 12.3 Å². The van der Waals surface area contributed by atoms with Crippen LogP contribution in [0.5, 0.6) is 5.75 Å². The summed E-state index contributed by atoms with van der Waals surface area (Å²) in [6.07, 6.45) is -2.50. The first-order valence-electron chi connectivity index (χ1n) is 10.8. The molecule has 3 rings (SSSR count). The van der Waals surface area contributed by atoms with E-state index < -0.39 is 55.9 Å². The summed E-state index contributed by atoms with van der Waals surface area (Å²) in [4.78, 5) is 28.0. The minimum Gasteiger partial charge on any atom is -0.462 e. The lowest BCUT2D eigenvalue weighted by atomic mass is 10.2. The highest BCUT2D eigenvalue weighted by Gasteiger charge is 2.45. The highest BCUT2D eigenvalue weighted by molar-refractivity contribution is 7.52. The first-order chi connectivity index (χ1) is 16.5. The molecule has 2 heterocycles. The molecule has 1 fully saturated rings. The van der Waals surface area contributed by atoms with Gasteiger partial charge in [0.1, 0.15) is 35.2 Å².